The van der Waals surface area contributed by atoms with Crippen LogP contribution in [0.15, 0.2) is 0 Å². The van der Waals surface area contributed by atoms with Crippen molar-refractivity contribution in [2.75, 3.05) is 13.1 Å². The molecule has 2 unspecified atom stereocenters. The molecule has 18 heavy (non-hydrogen) atoms. The molecule has 0 fully saturated rings. The van der Waals surface area contributed by atoms with Crippen molar-refractivity contribution in [3.63, 3.8) is 0 Å². The number of nitrogens with zero attached hydrogens (tertiary/aromatic N) is 2. The van der Waals surface area contributed by atoms with Gasteiger partial charge in [-0.3, -0.25) is 4.79 Å². The number of hydrogen-bond donors (Lipinski definition) is 3. The molecule has 0 aliphatic carbocycles. The van der Waals surface area contributed by atoms with Gasteiger partial charge in [0.15, 0.2) is 6.04 Å². The molecule has 3 heterocycles. The van der Waals surface area contributed by atoms with Crippen molar-refractivity contribution in [2.24, 2.45) is 0 Å². The lowest BCUT2D eigenvalue weighted by molar-refractivity contribution is -0.141. The minimum Gasteiger partial charge on any atom is -0.480 e. The number of rotatable bonds is 1. The predicted octanol–water partition coefficient (Wildman–Crippen LogP) is -0.541. The quantitative estimate of drug-likeness (QED) is 0.622. The molecule has 0 aromatic carbocycles. The second kappa shape index (κ2) is 3.81. The lowest BCUT2D eigenvalue weighted by Crippen LogP contribution is -2.43. The van der Waals surface area contributed by atoms with E-state index in [4.69, 9.17) is 0 Å². The molecule has 0 radical (unpaired) electrons. The molecule has 2 atom stereocenters. The van der Waals surface area contributed by atoms with E-state index in [0.29, 0.717) is 5.69 Å². The van der Waals surface area contributed by atoms with E-state index < -0.39 is 12.0 Å². The van der Waals surface area contributed by atoms with E-state index in [9.17, 15) is 14.7 Å². The van der Waals surface area contributed by atoms with Crippen molar-refractivity contribution in [3.05, 3.63) is 17.0 Å². The van der Waals surface area contributed by atoms with Crippen LogP contribution in [0.2, 0.25) is 0 Å². The highest BCUT2D eigenvalue weighted by atomic mass is 16.4. The summed E-state index contributed by atoms with van der Waals surface area (Å²) in [6, 6.07) is -0.786. The third-order valence-corrected chi connectivity index (χ3v) is 3.52. The molecule has 0 bridgehead atoms. The van der Waals surface area contributed by atoms with Gasteiger partial charge in [0.05, 0.1) is 12.2 Å². The number of hydrogen-bond acceptors (Lipinski definition) is 4. The molecule has 96 valence electrons. The van der Waals surface area contributed by atoms with Gasteiger partial charge in [-0.1, -0.05) is 0 Å². The van der Waals surface area contributed by atoms with Crippen LogP contribution in [-0.2, 0) is 11.2 Å². The van der Waals surface area contributed by atoms with Gasteiger partial charge in [-0.25, -0.2) is 9.48 Å². The number of carbonyl (C=O) groups excluding carboxylic acids is 1. The molecule has 1 amide bonds. The smallest absolute Gasteiger partial charge is 0.330 e. The average molecular weight is 250 g/mol. The highest BCUT2D eigenvalue weighted by Crippen LogP contribution is 2.29. The first kappa shape index (κ1) is 11.2. The van der Waals surface area contributed by atoms with Crippen LogP contribution < -0.4 is 10.6 Å². The Bertz CT molecular complexity index is 537. The second-order valence-corrected chi connectivity index (χ2v) is 4.64. The van der Waals surface area contributed by atoms with E-state index in [1.807, 2.05) is 6.92 Å². The molecule has 7 nitrogen and oxygen atoms in total. The molecule has 3 N–H and O–H groups in total. The third kappa shape index (κ3) is 1.43. The van der Waals surface area contributed by atoms with Crippen molar-refractivity contribution >= 4 is 11.9 Å². The molecule has 0 spiro atoms. The van der Waals surface area contributed by atoms with Gasteiger partial charge < -0.3 is 15.7 Å². The number of carboxylic acids is 1. The highest BCUT2D eigenvalue weighted by molar-refractivity contribution is 5.96. The first-order valence-corrected chi connectivity index (χ1v) is 5.95. The topological polar surface area (TPSA) is 96.3 Å². The van der Waals surface area contributed by atoms with Crippen LogP contribution in [0.5, 0.6) is 0 Å². The minimum absolute atomic E-state index is 0.0239. The Labute approximate surface area is 103 Å². The van der Waals surface area contributed by atoms with E-state index in [0.717, 1.165) is 24.2 Å². The number of aliphatic carboxylic acids is 1. The molecular weight excluding hydrogens is 236 g/mol. The van der Waals surface area contributed by atoms with E-state index in [1.54, 1.807) is 0 Å². The number of carbonyl (C=O) groups is 2. The maximum absolute atomic E-state index is 11.9. The van der Waals surface area contributed by atoms with Crippen LogP contribution in [-0.4, -0.2) is 39.9 Å². The first-order valence-electron chi connectivity index (χ1n) is 5.95. The van der Waals surface area contributed by atoms with Gasteiger partial charge in [0, 0.05) is 24.6 Å². The lowest BCUT2D eigenvalue weighted by Gasteiger charge is -2.24. The van der Waals surface area contributed by atoms with Gasteiger partial charge in [-0.05, 0) is 6.92 Å². The van der Waals surface area contributed by atoms with Crippen LogP contribution in [0, 0.1) is 0 Å². The summed E-state index contributed by atoms with van der Waals surface area (Å²) in [5.74, 6) is -1.21. The van der Waals surface area contributed by atoms with Crippen molar-refractivity contribution in [1.29, 1.82) is 0 Å². The Balaban J connectivity index is 2.19. The van der Waals surface area contributed by atoms with Crippen molar-refractivity contribution < 1.29 is 14.7 Å². The largest absolute Gasteiger partial charge is 0.480 e. The Morgan fingerprint density at radius 3 is 3.06 bits per heavy atom. The highest BCUT2D eigenvalue weighted by Gasteiger charge is 2.37. The molecular formula is C11H14N4O3. The van der Waals surface area contributed by atoms with Gasteiger partial charge in [-0.15, -0.1) is 0 Å². The fourth-order valence-electron chi connectivity index (χ4n) is 2.65. The lowest BCUT2D eigenvalue weighted by atomic mass is 9.98. The molecule has 2 aliphatic heterocycles. The minimum atomic E-state index is -0.975. The van der Waals surface area contributed by atoms with Crippen molar-refractivity contribution in [3.8, 4) is 0 Å². The van der Waals surface area contributed by atoms with E-state index >= 15 is 0 Å². The molecule has 2 aliphatic rings. The summed E-state index contributed by atoms with van der Waals surface area (Å²) in [5.41, 5.74) is 2.06. The van der Waals surface area contributed by atoms with Crippen LogP contribution in [0.4, 0.5) is 0 Å². The van der Waals surface area contributed by atoms with Crippen LogP contribution in [0.1, 0.15) is 40.8 Å². The fourth-order valence-corrected chi connectivity index (χ4v) is 2.65. The summed E-state index contributed by atoms with van der Waals surface area (Å²) < 4.78 is 1.37. The summed E-state index contributed by atoms with van der Waals surface area (Å²) in [6.07, 6.45) is 0.722. The van der Waals surface area contributed by atoms with Crippen LogP contribution in [0.3, 0.4) is 0 Å². The van der Waals surface area contributed by atoms with E-state index in [2.05, 4.69) is 15.7 Å². The second-order valence-electron chi connectivity index (χ2n) is 4.64. The normalized spacial score (nSPS) is 26.2. The van der Waals surface area contributed by atoms with E-state index in [-0.39, 0.29) is 18.5 Å². The molecule has 1 aromatic rings. The Morgan fingerprint density at radius 2 is 2.33 bits per heavy atom. The van der Waals surface area contributed by atoms with Gasteiger partial charge in [-0.2, -0.15) is 5.10 Å². The number of fused-ring (bicyclic) bond motifs is 3. The number of nitrogens with one attached hydrogen (secondary N) is 2. The SMILES string of the molecule is CC1NCCc2nn3c(c21)C(=O)NCC3C(=O)O. The molecule has 1 aromatic heterocycles. The number of amides is 1. The Hall–Kier alpha value is -1.89. The molecule has 0 saturated carbocycles. The van der Waals surface area contributed by atoms with Gasteiger partial charge in [0.2, 0.25) is 0 Å². The molecule has 7 heteroatoms. The Kier molecular flexibility index (Phi) is 2.37. The summed E-state index contributed by atoms with van der Waals surface area (Å²) in [6.45, 7) is 2.84. The fraction of sp³-hybridized carbons (Fsp3) is 0.545. The van der Waals surface area contributed by atoms with Crippen LogP contribution in [0.25, 0.3) is 0 Å². The van der Waals surface area contributed by atoms with Crippen molar-refractivity contribution in [1.82, 2.24) is 20.4 Å². The monoisotopic (exact) mass is 250 g/mol. The molecule has 3 rings (SSSR count). The third-order valence-electron chi connectivity index (χ3n) is 3.52. The van der Waals surface area contributed by atoms with Crippen molar-refractivity contribution in [2.45, 2.75) is 25.4 Å². The Morgan fingerprint density at radius 1 is 1.56 bits per heavy atom. The number of aromatic nitrogens is 2. The van der Waals surface area contributed by atoms with Gasteiger partial charge >= 0.3 is 5.97 Å². The predicted molar refractivity (Wildman–Crippen MR) is 61.4 cm³/mol. The zero-order valence-corrected chi connectivity index (χ0v) is 9.93. The van der Waals surface area contributed by atoms with E-state index in [1.165, 1.54) is 4.68 Å². The maximum Gasteiger partial charge on any atom is 0.330 e. The van der Waals surface area contributed by atoms with Crippen LogP contribution >= 0.6 is 0 Å². The van der Waals surface area contributed by atoms with Gasteiger partial charge in [0.1, 0.15) is 5.69 Å². The summed E-state index contributed by atoms with van der Waals surface area (Å²) >= 11 is 0. The maximum atomic E-state index is 11.9. The summed E-state index contributed by atoms with van der Waals surface area (Å²) in [7, 11) is 0. The standard InChI is InChI=1S/C11H14N4O3/c1-5-8-6(2-3-12-5)14-15-7(11(17)18)4-13-10(16)9(8)15/h5,7,12H,2-4H2,1H3,(H,13,16)(H,17,18). The zero-order chi connectivity index (χ0) is 12.9. The first-order chi connectivity index (χ1) is 8.59. The molecule has 0 saturated heterocycles. The van der Waals surface area contributed by atoms with Gasteiger partial charge in [0.25, 0.3) is 5.91 Å². The zero-order valence-electron chi connectivity index (χ0n) is 9.93. The summed E-state index contributed by atoms with van der Waals surface area (Å²) in [5, 5.41) is 19.4. The number of carboxylic acid groups (broad SMARTS) is 1. The summed E-state index contributed by atoms with van der Waals surface area (Å²) in [4.78, 5) is 23.1. The average Bonchev–Trinajstić information content (AvgIpc) is 2.70.